The molecule has 0 aliphatic rings. The van der Waals surface area contributed by atoms with Gasteiger partial charge >= 0.3 is 0 Å². The van der Waals surface area contributed by atoms with Crippen molar-refractivity contribution in [1.29, 1.82) is 0 Å². The molecule has 0 radical (unpaired) electrons. The van der Waals surface area contributed by atoms with Crippen molar-refractivity contribution < 1.29 is 4.39 Å². The Labute approximate surface area is 124 Å². The molecular formula is C18H30FN. The van der Waals surface area contributed by atoms with Crippen molar-refractivity contribution in [1.82, 2.24) is 5.32 Å². The maximum absolute atomic E-state index is 13.6. The summed E-state index contributed by atoms with van der Waals surface area (Å²) in [7, 11) is 1.98. The molecule has 0 saturated heterocycles. The first-order valence-electron chi connectivity index (χ1n) is 8.18. The third-order valence-corrected chi connectivity index (χ3v) is 3.99. The Balaban J connectivity index is 2.18. The SMILES string of the molecule is CCCCCCCCCC(Cc1ccccc1F)NC. The molecule has 20 heavy (non-hydrogen) atoms. The zero-order valence-corrected chi connectivity index (χ0v) is 13.1. The van der Waals surface area contributed by atoms with Crippen molar-refractivity contribution in [3.8, 4) is 0 Å². The summed E-state index contributed by atoms with van der Waals surface area (Å²) in [6.45, 7) is 2.25. The van der Waals surface area contributed by atoms with E-state index in [2.05, 4.69) is 12.2 Å². The van der Waals surface area contributed by atoms with Gasteiger partial charge in [0.2, 0.25) is 0 Å². The number of hydrogen-bond donors (Lipinski definition) is 1. The first-order valence-corrected chi connectivity index (χ1v) is 8.18. The highest BCUT2D eigenvalue weighted by atomic mass is 19.1. The Morgan fingerprint density at radius 2 is 1.65 bits per heavy atom. The molecule has 0 saturated carbocycles. The van der Waals surface area contributed by atoms with Crippen molar-refractivity contribution in [3.63, 3.8) is 0 Å². The first-order chi connectivity index (χ1) is 9.77. The maximum Gasteiger partial charge on any atom is 0.126 e. The van der Waals surface area contributed by atoms with E-state index in [1.54, 1.807) is 12.1 Å². The first kappa shape index (κ1) is 17.2. The summed E-state index contributed by atoms with van der Waals surface area (Å²) in [4.78, 5) is 0. The van der Waals surface area contributed by atoms with E-state index in [4.69, 9.17) is 0 Å². The van der Waals surface area contributed by atoms with Crippen LogP contribution >= 0.6 is 0 Å². The molecule has 1 rings (SSSR count). The van der Waals surface area contributed by atoms with Gasteiger partial charge in [0, 0.05) is 6.04 Å². The van der Waals surface area contributed by atoms with Crippen LogP contribution in [0.5, 0.6) is 0 Å². The van der Waals surface area contributed by atoms with Crippen molar-refractivity contribution in [2.45, 2.75) is 70.8 Å². The van der Waals surface area contributed by atoms with E-state index in [0.717, 1.165) is 18.4 Å². The van der Waals surface area contributed by atoms with Crippen molar-refractivity contribution in [2.75, 3.05) is 7.05 Å². The molecule has 0 aliphatic carbocycles. The Bertz CT molecular complexity index is 351. The fourth-order valence-corrected chi connectivity index (χ4v) is 2.63. The van der Waals surface area contributed by atoms with Gasteiger partial charge in [-0.05, 0) is 31.5 Å². The highest BCUT2D eigenvalue weighted by molar-refractivity contribution is 5.18. The molecule has 0 spiro atoms. The molecule has 0 fully saturated rings. The molecule has 1 N–H and O–H groups in total. The lowest BCUT2D eigenvalue weighted by Crippen LogP contribution is -2.27. The zero-order valence-electron chi connectivity index (χ0n) is 13.1. The number of likely N-dealkylation sites (N-methyl/N-ethyl adjacent to an activating group) is 1. The van der Waals surface area contributed by atoms with Crippen LogP contribution in [0.15, 0.2) is 24.3 Å². The van der Waals surface area contributed by atoms with Gasteiger partial charge in [-0.2, -0.15) is 0 Å². The van der Waals surface area contributed by atoms with E-state index in [0.29, 0.717) is 6.04 Å². The Kier molecular flexibility index (Phi) is 9.31. The summed E-state index contributed by atoms with van der Waals surface area (Å²) in [6, 6.07) is 7.50. The molecule has 114 valence electrons. The van der Waals surface area contributed by atoms with Crippen LogP contribution in [-0.4, -0.2) is 13.1 Å². The average molecular weight is 279 g/mol. The van der Waals surface area contributed by atoms with E-state index >= 15 is 0 Å². The minimum absolute atomic E-state index is 0.0766. The molecule has 0 aliphatic heterocycles. The molecule has 1 aromatic carbocycles. The largest absolute Gasteiger partial charge is 0.317 e. The lowest BCUT2D eigenvalue weighted by atomic mass is 9.99. The van der Waals surface area contributed by atoms with Gasteiger partial charge in [-0.25, -0.2) is 4.39 Å². The van der Waals surface area contributed by atoms with Gasteiger partial charge in [-0.3, -0.25) is 0 Å². The molecule has 1 nitrogen and oxygen atoms in total. The van der Waals surface area contributed by atoms with Crippen molar-refractivity contribution in [2.24, 2.45) is 0 Å². The standard InChI is InChI=1S/C18H30FN/c1-3-4-5-6-7-8-9-13-17(20-2)15-16-12-10-11-14-18(16)19/h10-12,14,17,20H,3-9,13,15H2,1-2H3. The summed E-state index contributed by atoms with van der Waals surface area (Å²) in [5.74, 6) is -0.0766. The van der Waals surface area contributed by atoms with Crippen LogP contribution in [0.2, 0.25) is 0 Å². The summed E-state index contributed by atoms with van der Waals surface area (Å²) in [5.41, 5.74) is 0.829. The third-order valence-electron chi connectivity index (χ3n) is 3.99. The number of nitrogens with one attached hydrogen (secondary N) is 1. The number of benzene rings is 1. The van der Waals surface area contributed by atoms with Crippen LogP contribution in [-0.2, 0) is 6.42 Å². The molecule has 2 heteroatoms. The van der Waals surface area contributed by atoms with Gasteiger partial charge in [0.05, 0.1) is 0 Å². The summed E-state index contributed by atoms with van der Waals surface area (Å²) >= 11 is 0. The molecule has 0 bridgehead atoms. The number of unbranched alkanes of at least 4 members (excludes halogenated alkanes) is 6. The second-order valence-corrected chi connectivity index (χ2v) is 5.69. The number of halogens is 1. The normalized spacial score (nSPS) is 12.6. The van der Waals surface area contributed by atoms with E-state index in [-0.39, 0.29) is 5.82 Å². The predicted molar refractivity (Wildman–Crippen MR) is 85.6 cm³/mol. The molecular weight excluding hydrogens is 249 g/mol. The van der Waals surface area contributed by atoms with Crippen molar-refractivity contribution in [3.05, 3.63) is 35.6 Å². The Morgan fingerprint density at radius 3 is 2.30 bits per heavy atom. The molecule has 0 heterocycles. The van der Waals surface area contributed by atoms with Crippen LogP contribution in [0.4, 0.5) is 4.39 Å². The molecule has 1 atom stereocenters. The highest BCUT2D eigenvalue weighted by Crippen LogP contribution is 2.14. The van der Waals surface area contributed by atoms with Gasteiger partial charge in [-0.1, -0.05) is 70.1 Å². The minimum Gasteiger partial charge on any atom is -0.317 e. The lowest BCUT2D eigenvalue weighted by molar-refractivity contribution is 0.470. The second kappa shape index (κ2) is 10.8. The van der Waals surface area contributed by atoms with Gasteiger partial charge in [0.25, 0.3) is 0 Å². The molecule has 0 aromatic heterocycles. The van der Waals surface area contributed by atoms with Crippen LogP contribution in [0.1, 0.15) is 63.9 Å². The molecule has 1 unspecified atom stereocenters. The van der Waals surface area contributed by atoms with Crippen LogP contribution < -0.4 is 5.32 Å². The Hall–Kier alpha value is -0.890. The van der Waals surface area contributed by atoms with Gasteiger partial charge in [-0.15, -0.1) is 0 Å². The second-order valence-electron chi connectivity index (χ2n) is 5.69. The summed E-state index contributed by atoms with van der Waals surface area (Å²) < 4.78 is 13.6. The number of rotatable bonds is 11. The quantitative estimate of drug-likeness (QED) is 0.556. The Morgan fingerprint density at radius 1 is 1.00 bits per heavy atom. The predicted octanol–water partition coefficient (Wildman–Crippen LogP) is 5.10. The van der Waals surface area contributed by atoms with E-state index < -0.39 is 0 Å². The van der Waals surface area contributed by atoms with Gasteiger partial charge < -0.3 is 5.32 Å². The molecule has 1 aromatic rings. The monoisotopic (exact) mass is 279 g/mol. The van der Waals surface area contributed by atoms with E-state index in [1.807, 2.05) is 19.2 Å². The number of hydrogen-bond acceptors (Lipinski definition) is 1. The fraction of sp³-hybridized carbons (Fsp3) is 0.667. The average Bonchev–Trinajstić information content (AvgIpc) is 2.47. The van der Waals surface area contributed by atoms with Crippen LogP contribution in [0.3, 0.4) is 0 Å². The smallest absolute Gasteiger partial charge is 0.126 e. The van der Waals surface area contributed by atoms with Crippen molar-refractivity contribution >= 4 is 0 Å². The fourth-order valence-electron chi connectivity index (χ4n) is 2.63. The van der Waals surface area contributed by atoms with Gasteiger partial charge in [0.1, 0.15) is 5.82 Å². The summed E-state index contributed by atoms with van der Waals surface area (Å²) in [6.07, 6.45) is 11.2. The van der Waals surface area contributed by atoms with Crippen LogP contribution in [0, 0.1) is 5.82 Å². The van der Waals surface area contributed by atoms with E-state index in [1.165, 1.54) is 44.9 Å². The maximum atomic E-state index is 13.6. The zero-order chi connectivity index (χ0) is 14.6. The topological polar surface area (TPSA) is 12.0 Å². The third kappa shape index (κ3) is 7.04. The minimum atomic E-state index is -0.0766. The molecule has 0 amide bonds. The van der Waals surface area contributed by atoms with E-state index in [9.17, 15) is 4.39 Å². The highest BCUT2D eigenvalue weighted by Gasteiger charge is 2.09. The van der Waals surface area contributed by atoms with Gasteiger partial charge in [0.15, 0.2) is 0 Å². The lowest BCUT2D eigenvalue weighted by Gasteiger charge is -2.16. The van der Waals surface area contributed by atoms with Crippen LogP contribution in [0.25, 0.3) is 0 Å². The summed E-state index contributed by atoms with van der Waals surface area (Å²) in [5, 5.41) is 3.32.